The molecule has 3 heterocycles. The number of nitrogens with zero attached hydrogens (tertiary/aromatic N) is 3. The van der Waals surface area contributed by atoms with E-state index in [0.717, 1.165) is 30.4 Å². The quantitative estimate of drug-likeness (QED) is 0.797. The van der Waals surface area contributed by atoms with Crippen molar-refractivity contribution in [3.63, 3.8) is 0 Å². The molecule has 110 valence electrons. The highest BCUT2D eigenvalue weighted by Crippen LogP contribution is 2.24. The molecule has 1 atom stereocenters. The zero-order valence-electron chi connectivity index (χ0n) is 11.7. The summed E-state index contributed by atoms with van der Waals surface area (Å²) in [4.78, 5) is 9.46. The molecule has 2 aliphatic rings. The summed E-state index contributed by atoms with van der Waals surface area (Å²) in [7, 11) is 0. The maximum absolute atomic E-state index is 6.20. The lowest BCUT2D eigenvalue weighted by Crippen LogP contribution is -2.40. The molecule has 0 spiro atoms. The second kappa shape index (κ2) is 6.61. The molecule has 2 aliphatic heterocycles. The average Bonchev–Trinajstić information content (AvgIpc) is 2.92. The van der Waals surface area contributed by atoms with Gasteiger partial charge in [-0.15, -0.1) is 0 Å². The van der Waals surface area contributed by atoms with Crippen LogP contribution in [0.15, 0.2) is 12.1 Å². The molecule has 0 aromatic carbocycles. The topological polar surface area (TPSA) is 19.4 Å². The Labute approximate surface area is 130 Å². The minimum absolute atomic E-state index is 0.524. The van der Waals surface area contributed by atoms with E-state index in [9.17, 15) is 0 Å². The summed E-state index contributed by atoms with van der Waals surface area (Å²) in [5.74, 6) is 0. The van der Waals surface area contributed by atoms with Crippen LogP contribution >= 0.6 is 23.2 Å². The molecule has 1 unspecified atom stereocenters. The first-order valence-electron chi connectivity index (χ1n) is 7.50. The maximum atomic E-state index is 6.20. The molecule has 1 aromatic rings. The van der Waals surface area contributed by atoms with Gasteiger partial charge in [0.05, 0.1) is 10.7 Å². The first kappa shape index (κ1) is 14.6. The van der Waals surface area contributed by atoms with Gasteiger partial charge >= 0.3 is 0 Å². The van der Waals surface area contributed by atoms with Crippen LogP contribution in [0.5, 0.6) is 0 Å². The largest absolute Gasteiger partial charge is 0.299 e. The molecule has 3 rings (SSSR count). The van der Waals surface area contributed by atoms with Crippen LogP contribution in [0.3, 0.4) is 0 Å². The summed E-state index contributed by atoms with van der Waals surface area (Å²) in [5, 5.41) is 1.24. The van der Waals surface area contributed by atoms with Crippen LogP contribution in [0.1, 0.15) is 31.4 Å². The van der Waals surface area contributed by atoms with Crippen LogP contribution in [-0.2, 0) is 6.54 Å². The van der Waals surface area contributed by atoms with Crippen molar-refractivity contribution in [2.75, 3.05) is 26.2 Å². The van der Waals surface area contributed by atoms with Gasteiger partial charge in [0.15, 0.2) is 0 Å². The number of piperidine rings is 1. The fourth-order valence-corrected chi connectivity index (χ4v) is 3.65. The van der Waals surface area contributed by atoms with Crippen molar-refractivity contribution >= 4 is 23.2 Å². The normalized spacial score (nSPS) is 25.2. The minimum atomic E-state index is 0.524. The number of halogens is 2. The van der Waals surface area contributed by atoms with E-state index in [2.05, 4.69) is 14.8 Å². The van der Waals surface area contributed by atoms with Gasteiger partial charge in [0.25, 0.3) is 0 Å². The van der Waals surface area contributed by atoms with Crippen molar-refractivity contribution in [2.45, 2.75) is 38.3 Å². The van der Waals surface area contributed by atoms with Crippen LogP contribution in [0.25, 0.3) is 0 Å². The second-order valence-corrected chi connectivity index (χ2v) is 6.63. The number of aromatic nitrogens is 1. The monoisotopic (exact) mass is 313 g/mol. The predicted molar refractivity (Wildman–Crippen MR) is 83.4 cm³/mol. The van der Waals surface area contributed by atoms with Crippen LogP contribution in [0, 0.1) is 0 Å². The lowest BCUT2D eigenvalue weighted by atomic mass is 10.1. The van der Waals surface area contributed by atoms with Crippen LogP contribution in [-0.4, -0.2) is 47.0 Å². The van der Waals surface area contributed by atoms with E-state index in [-0.39, 0.29) is 0 Å². The Morgan fingerprint density at radius 2 is 1.90 bits per heavy atom. The lowest BCUT2D eigenvalue weighted by Gasteiger charge is -2.32. The molecule has 3 nitrogen and oxygen atoms in total. The number of likely N-dealkylation sites (tertiary alicyclic amines) is 2. The Hall–Kier alpha value is -0.350. The number of rotatable bonds is 3. The average molecular weight is 314 g/mol. The summed E-state index contributed by atoms with van der Waals surface area (Å²) >= 11 is 12.2. The van der Waals surface area contributed by atoms with E-state index < -0.39 is 0 Å². The van der Waals surface area contributed by atoms with Crippen molar-refractivity contribution in [3.8, 4) is 0 Å². The third-order valence-electron chi connectivity index (χ3n) is 4.41. The molecule has 0 aliphatic carbocycles. The molecule has 1 aromatic heterocycles. The van der Waals surface area contributed by atoms with Crippen LogP contribution in [0.4, 0.5) is 0 Å². The fraction of sp³-hybridized carbons (Fsp3) is 0.667. The van der Waals surface area contributed by atoms with Gasteiger partial charge in [-0.25, -0.2) is 4.98 Å². The van der Waals surface area contributed by atoms with E-state index in [1.807, 2.05) is 6.07 Å². The zero-order chi connectivity index (χ0) is 13.9. The van der Waals surface area contributed by atoms with Crippen molar-refractivity contribution in [1.29, 1.82) is 0 Å². The molecule has 20 heavy (non-hydrogen) atoms. The zero-order valence-corrected chi connectivity index (χ0v) is 13.2. The Morgan fingerprint density at radius 1 is 1.10 bits per heavy atom. The maximum Gasteiger partial charge on any atom is 0.129 e. The van der Waals surface area contributed by atoms with Gasteiger partial charge < -0.3 is 0 Å². The van der Waals surface area contributed by atoms with Gasteiger partial charge in [-0.2, -0.15) is 0 Å². The van der Waals surface area contributed by atoms with Gasteiger partial charge in [0.2, 0.25) is 0 Å². The molecular formula is C15H21Cl2N3. The Kier molecular flexibility index (Phi) is 4.82. The molecule has 0 radical (unpaired) electrons. The molecular weight excluding hydrogens is 293 g/mol. The van der Waals surface area contributed by atoms with E-state index >= 15 is 0 Å². The van der Waals surface area contributed by atoms with Gasteiger partial charge in [0, 0.05) is 25.7 Å². The summed E-state index contributed by atoms with van der Waals surface area (Å²) in [6, 6.07) is 4.30. The first-order valence-corrected chi connectivity index (χ1v) is 8.25. The molecule has 2 fully saturated rings. The van der Waals surface area contributed by atoms with Gasteiger partial charge in [0.1, 0.15) is 5.15 Å². The second-order valence-electron chi connectivity index (χ2n) is 5.84. The summed E-state index contributed by atoms with van der Waals surface area (Å²) in [6.07, 6.45) is 5.38. The molecule has 2 saturated heterocycles. The third-order valence-corrected chi connectivity index (χ3v) is 4.97. The van der Waals surface area contributed by atoms with Crippen LogP contribution < -0.4 is 0 Å². The summed E-state index contributed by atoms with van der Waals surface area (Å²) in [5.41, 5.74) is 0.901. The summed E-state index contributed by atoms with van der Waals surface area (Å²) in [6.45, 7) is 5.61. The molecule has 0 saturated carbocycles. The predicted octanol–water partition coefficient (Wildman–Crippen LogP) is 3.45. The molecule has 5 heteroatoms. The Morgan fingerprint density at radius 3 is 2.70 bits per heavy atom. The van der Waals surface area contributed by atoms with Crippen molar-refractivity contribution < 1.29 is 0 Å². The number of pyridine rings is 1. The highest BCUT2D eigenvalue weighted by atomic mass is 35.5. The number of hydrogen-bond acceptors (Lipinski definition) is 3. The lowest BCUT2D eigenvalue weighted by molar-refractivity contribution is 0.161. The van der Waals surface area contributed by atoms with Crippen molar-refractivity contribution in [2.24, 2.45) is 0 Å². The van der Waals surface area contributed by atoms with Gasteiger partial charge in [-0.1, -0.05) is 29.6 Å². The summed E-state index contributed by atoms with van der Waals surface area (Å²) < 4.78 is 0. The van der Waals surface area contributed by atoms with Crippen molar-refractivity contribution in [1.82, 2.24) is 14.8 Å². The van der Waals surface area contributed by atoms with E-state index in [4.69, 9.17) is 23.2 Å². The molecule has 0 bridgehead atoms. The smallest absolute Gasteiger partial charge is 0.129 e. The highest BCUT2D eigenvalue weighted by Gasteiger charge is 2.28. The first-order chi connectivity index (χ1) is 9.72. The van der Waals surface area contributed by atoms with E-state index in [1.165, 1.54) is 38.8 Å². The SMILES string of the molecule is Clc1ccc(Cl)c(CN2CCC(N3CCCCC3)C2)n1. The minimum Gasteiger partial charge on any atom is -0.299 e. The fourth-order valence-electron chi connectivity index (χ4n) is 3.32. The highest BCUT2D eigenvalue weighted by molar-refractivity contribution is 6.32. The van der Waals surface area contributed by atoms with Crippen LogP contribution in [0.2, 0.25) is 10.2 Å². The molecule has 0 N–H and O–H groups in total. The molecule has 0 amide bonds. The standard InChI is InChI=1S/C15H21Cl2N3/c16-13-4-5-15(17)18-14(13)11-19-9-6-12(10-19)20-7-2-1-3-8-20/h4-5,12H,1-3,6-11H2. The Bertz CT molecular complexity index is 460. The number of hydrogen-bond donors (Lipinski definition) is 0. The van der Waals surface area contributed by atoms with E-state index in [0.29, 0.717) is 11.2 Å². The van der Waals surface area contributed by atoms with Gasteiger partial charge in [-0.3, -0.25) is 9.80 Å². The van der Waals surface area contributed by atoms with E-state index in [1.54, 1.807) is 6.07 Å². The van der Waals surface area contributed by atoms with Crippen molar-refractivity contribution in [3.05, 3.63) is 28.0 Å². The van der Waals surface area contributed by atoms with Gasteiger partial charge in [-0.05, 0) is 44.5 Å². The third kappa shape index (κ3) is 3.45. The Balaban J connectivity index is 1.58.